The van der Waals surface area contributed by atoms with E-state index in [-0.39, 0.29) is 0 Å². The molecule has 0 aliphatic heterocycles. The van der Waals surface area contributed by atoms with Crippen LogP contribution in [0, 0.1) is 0 Å². The van der Waals surface area contributed by atoms with Gasteiger partial charge in [0.2, 0.25) is 5.89 Å². The lowest BCUT2D eigenvalue weighted by molar-refractivity contribution is 0.194. The summed E-state index contributed by atoms with van der Waals surface area (Å²) in [6.45, 7) is 1.73. The number of rotatable bonds is 3. The van der Waals surface area contributed by atoms with Crippen molar-refractivity contribution in [1.82, 2.24) is 4.98 Å². The van der Waals surface area contributed by atoms with Gasteiger partial charge in [-0.1, -0.05) is 18.2 Å². The van der Waals surface area contributed by atoms with E-state index < -0.39 is 6.10 Å². The van der Waals surface area contributed by atoms with Gasteiger partial charge >= 0.3 is 0 Å². The third kappa shape index (κ3) is 2.44. The van der Waals surface area contributed by atoms with E-state index in [1.165, 1.54) is 0 Å². The van der Waals surface area contributed by atoms with Crippen LogP contribution < -0.4 is 0 Å². The van der Waals surface area contributed by atoms with Crippen LogP contribution in [0.1, 0.15) is 12.6 Å². The Morgan fingerprint density at radius 3 is 2.73 bits per heavy atom. The summed E-state index contributed by atoms with van der Waals surface area (Å²) in [6.07, 6.45) is 1.73. The highest BCUT2D eigenvalue weighted by molar-refractivity contribution is 5.52. The van der Waals surface area contributed by atoms with Crippen molar-refractivity contribution >= 4 is 0 Å². The normalized spacial score (nSPS) is 12.7. The maximum atomic E-state index is 9.20. The highest BCUT2D eigenvalue weighted by Gasteiger charge is 2.07. The van der Waals surface area contributed by atoms with Gasteiger partial charge in [-0.3, -0.25) is 0 Å². The summed E-state index contributed by atoms with van der Waals surface area (Å²) in [5.41, 5.74) is 1.73. The first kappa shape index (κ1) is 9.93. The van der Waals surface area contributed by atoms with Crippen LogP contribution in [-0.2, 0) is 6.42 Å². The summed E-state index contributed by atoms with van der Waals surface area (Å²) < 4.78 is 5.33. The number of aliphatic hydroxyl groups excluding tert-OH is 1. The number of benzene rings is 1. The molecule has 0 saturated heterocycles. The van der Waals surface area contributed by atoms with E-state index in [2.05, 4.69) is 4.98 Å². The minimum atomic E-state index is -0.390. The van der Waals surface area contributed by atoms with Crippen LogP contribution in [0.15, 0.2) is 41.0 Å². The molecule has 15 heavy (non-hydrogen) atoms. The van der Waals surface area contributed by atoms with Crippen molar-refractivity contribution in [2.24, 2.45) is 0 Å². The van der Waals surface area contributed by atoms with Gasteiger partial charge in [0, 0.05) is 12.0 Å². The monoisotopic (exact) mass is 203 g/mol. The molecule has 0 amide bonds. The quantitative estimate of drug-likeness (QED) is 0.832. The van der Waals surface area contributed by atoms with E-state index in [1.54, 1.807) is 13.2 Å². The van der Waals surface area contributed by atoms with Crippen molar-refractivity contribution in [3.05, 3.63) is 42.3 Å². The first-order valence-corrected chi connectivity index (χ1v) is 4.93. The summed E-state index contributed by atoms with van der Waals surface area (Å²) in [6, 6.07) is 9.71. The third-order valence-corrected chi connectivity index (χ3v) is 2.08. The van der Waals surface area contributed by atoms with Crippen molar-refractivity contribution in [1.29, 1.82) is 0 Å². The van der Waals surface area contributed by atoms with Gasteiger partial charge in [0.05, 0.1) is 11.8 Å². The van der Waals surface area contributed by atoms with Crippen LogP contribution in [0.4, 0.5) is 0 Å². The van der Waals surface area contributed by atoms with E-state index in [0.29, 0.717) is 12.3 Å². The fourth-order valence-corrected chi connectivity index (χ4v) is 1.42. The van der Waals surface area contributed by atoms with Gasteiger partial charge in [-0.05, 0) is 19.1 Å². The summed E-state index contributed by atoms with van der Waals surface area (Å²) in [5.74, 6) is 0.603. The summed E-state index contributed by atoms with van der Waals surface area (Å²) in [7, 11) is 0. The topological polar surface area (TPSA) is 46.3 Å². The second-order valence-corrected chi connectivity index (χ2v) is 3.56. The maximum Gasteiger partial charge on any atom is 0.226 e. The molecule has 0 bridgehead atoms. The van der Waals surface area contributed by atoms with E-state index in [9.17, 15) is 5.11 Å². The zero-order valence-electron chi connectivity index (χ0n) is 8.55. The van der Waals surface area contributed by atoms with Crippen molar-refractivity contribution in [2.75, 3.05) is 0 Å². The zero-order chi connectivity index (χ0) is 10.7. The molecule has 0 fully saturated rings. The summed E-state index contributed by atoms with van der Waals surface area (Å²) in [5, 5.41) is 9.20. The average molecular weight is 203 g/mol. The van der Waals surface area contributed by atoms with Gasteiger partial charge in [-0.2, -0.15) is 0 Å². The highest BCUT2D eigenvalue weighted by Crippen LogP contribution is 2.18. The van der Waals surface area contributed by atoms with Gasteiger partial charge in [0.25, 0.3) is 0 Å². The average Bonchev–Trinajstić information content (AvgIpc) is 2.67. The molecular formula is C12H13NO2. The Kier molecular flexibility index (Phi) is 2.83. The number of oxazole rings is 1. The molecule has 1 aromatic carbocycles. The van der Waals surface area contributed by atoms with Crippen LogP contribution >= 0.6 is 0 Å². The Balaban J connectivity index is 2.21. The molecule has 78 valence electrons. The van der Waals surface area contributed by atoms with Crippen LogP contribution in [0.3, 0.4) is 0 Å². The van der Waals surface area contributed by atoms with Crippen molar-refractivity contribution in [2.45, 2.75) is 19.4 Å². The van der Waals surface area contributed by atoms with E-state index >= 15 is 0 Å². The molecule has 3 nitrogen and oxygen atoms in total. The lowest BCUT2D eigenvalue weighted by Crippen LogP contribution is -2.04. The van der Waals surface area contributed by atoms with Crippen LogP contribution in [0.2, 0.25) is 0 Å². The fraction of sp³-hybridized carbons (Fsp3) is 0.250. The van der Waals surface area contributed by atoms with Crippen LogP contribution in [-0.4, -0.2) is 16.2 Å². The molecule has 2 aromatic rings. The van der Waals surface area contributed by atoms with E-state index in [4.69, 9.17) is 4.42 Å². The Labute approximate surface area is 88.4 Å². The van der Waals surface area contributed by atoms with Crippen LogP contribution in [0.25, 0.3) is 11.5 Å². The highest BCUT2D eigenvalue weighted by atomic mass is 16.3. The summed E-state index contributed by atoms with van der Waals surface area (Å²) in [4.78, 5) is 4.29. The van der Waals surface area contributed by atoms with Crippen molar-refractivity contribution < 1.29 is 9.52 Å². The van der Waals surface area contributed by atoms with Gasteiger partial charge in [-0.25, -0.2) is 4.98 Å². The van der Waals surface area contributed by atoms with Gasteiger partial charge in [0.1, 0.15) is 6.26 Å². The van der Waals surface area contributed by atoms with Gasteiger partial charge in [0.15, 0.2) is 0 Å². The number of aromatic nitrogens is 1. The number of hydrogen-bond donors (Lipinski definition) is 1. The number of aliphatic hydroxyl groups is 1. The smallest absolute Gasteiger partial charge is 0.226 e. The number of hydrogen-bond acceptors (Lipinski definition) is 3. The second kappa shape index (κ2) is 4.28. The van der Waals surface area contributed by atoms with Crippen molar-refractivity contribution in [3.63, 3.8) is 0 Å². The molecular weight excluding hydrogens is 190 g/mol. The molecule has 0 aliphatic rings. The Bertz CT molecular complexity index is 420. The SMILES string of the molecule is CC(O)Cc1coc(-c2ccccc2)n1. The minimum absolute atomic E-state index is 0.390. The van der Waals surface area contributed by atoms with Gasteiger partial charge < -0.3 is 9.52 Å². The molecule has 1 aromatic heterocycles. The van der Waals surface area contributed by atoms with Crippen molar-refractivity contribution in [3.8, 4) is 11.5 Å². The Morgan fingerprint density at radius 1 is 1.33 bits per heavy atom. The molecule has 1 unspecified atom stereocenters. The first-order chi connectivity index (χ1) is 7.25. The van der Waals surface area contributed by atoms with Crippen LogP contribution in [0.5, 0.6) is 0 Å². The third-order valence-electron chi connectivity index (χ3n) is 2.08. The molecule has 2 rings (SSSR count). The minimum Gasteiger partial charge on any atom is -0.444 e. The first-order valence-electron chi connectivity index (χ1n) is 4.93. The fourth-order valence-electron chi connectivity index (χ4n) is 1.42. The predicted octanol–water partition coefficient (Wildman–Crippen LogP) is 2.26. The molecule has 0 spiro atoms. The number of nitrogens with zero attached hydrogens (tertiary/aromatic N) is 1. The zero-order valence-corrected chi connectivity index (χ0v) is 8.55. The van der Waals surface area contributed by atoms with E-state index in [1.807, 2.05) is 30.3 Å². The molecule has 1 N–H and O–H groups in total. The molecule has 3 heteroatoms. The molecule has 0 radical (unpaired) electrons. The molecule has 1 heterocycles. The lowest BCUT2D eigenvalue weighted by Gasteiger charge is -1.97. The molecule has 0 aliphatic carbocycles. The van der Waals surface area contributed by atoms with E-state index in [0.717, 1.165) is 11.3 Å². The molecule has 0 saturated carbocycles. The Hall–Kier alpha value is -1.61. The largest absolute Gasteiger partial charge is 0.444 e. The molecule has 1 atom stereocenters. The Morgan fingerprint density at radius 2 is 2.07 bits per heavy atom. The predicted molar refractivity (Wildman–Crippen MR) is 57.3 cm³/mol. The standard InChI is InChI=1S/C12H13NO2/c1-9(14)7-11-8-15-12(13-11)10-5-3-2-4-6-10/h2-6,8-9,14H,7H2,1H3. The second-order valence-electron chi connectivity index (χ2n) is 3.56. The maximum absolute atomic E-state index is 9.20. The summed E-state index contributed by atoms with van der Waals surface area (Å²) >= 11 is 0. The lowest BCUT2D eigenvalue weighted by atomic mass is 10.2. The van der Waals surface area contributed by atoms with Gasteiger partial charge in [-0.15, -0.1) is 0 Å².